The van der Waals surface area contributed by atoms with Crippen LogP contribution in [0.15, 0.2) is 6.07 Å². The molecule has 0 aliphatic carbocycles. The van der Waals surface area contributed by atoms with E-state index >= 15 is 0 Å². The Bertz CT molecular complexity index is 671. The first-order chi connectivity index (χ1) is 10.6. The highest BCUT2D eigenvalue weighted by atomic mass is 32.2. The summed E-state index contributed by atoms with van der Waals surface area (Å²) in [6.45, 7) is 8.19. The minimum Gasteiger partial charge on any atom is -0.311 e. The van der Waals surface area contributed by atoms with Crippen molar-refractivity contribution in [3.05, 3.63) is 11.8 Å². The molecule has 2 heterocycles. The van der Waals surface area contributed by atoms with E-state index in [4.69, 9.17) is 0 Å². The maximum atomic E-state index is 12.1. The molecule has 1 N–H and O–H groups in total. The van der Waals surface area contributed by atoms with Crippen LogP contribution in [0.2, 0.25) is 0 Å². The molecule has 1 atom stereocenters. The fourth-order valence-corrected chi connectivity index (χ4v) is 4.34. The van der Waals surface area contributed by atoms with Crippen LogP contribution in [0, 0.1) is 0 Å². The fourth-order valence-electron chi connectivity index (χ4n) is 2.64. The molecule has 1 saturated heterocycles. The topological polar surface area (TPSA) is 81.1 Å². The van der Waals surface area contributed by atoms with Crippen molar-refractivity contribution in [3.8, 4) is 0 Å². The normalized spacial score (nSPS) is 20.6. The number of hydrogen-bond acceptors (Lipinski definition) is 4. The molecule has 7 heteroatoms. The number of anilines is 1. The van der Waals surface area contributed by atoms with E-state index in [0.29, 0.717) is 18.7 Å². The third-order valence-electron chi connectivity index (χ3n) is 4.08. The Kier molecular flexibility index (Phi) is 5.18. The summed E-state index contributed by atoms with van der Waals surface area (Å²) in [7, 11) is -3.00. The Hall–Kier alpha value is -1.37. The smallest absolute Gasteiger partial charge is 0.225 e. The van der Waals surface area contributed by atoms with Crippen molar-refractivity contribution in [2.24, 2.45) is 0 Å². The Morgan fingerprint density at radius 2 is 2.13 bits per heavy atom. The first kappa shape index (κ1) is 18.0. The van der Waals surface area contributed by atoms with E-state index in [9.17, 15) is 13.2 Å². The van der Waals surface area contributed by atoms with Gasteiger partial charge in [-0.25, -0.2) is 13.1 Å². The molecule has 0 radical (unpaired) electrons. The molecule has 1 aliphatic heterocycles. The minimum atomic E-state index is -3.00. The van der Waals surface area contributed by atoms with E-state index in [-0.39, 0.29) is 28.9 Å². The number of nitrogens with one attached hydrogen (secondary N) is 1. The van der Waals surface area contributed by atoms with Crippen LogP contribution >= 0.6 is 0 Å². The second kappa shape index (κ2) is 6.63. The molecule has 1 unspecified atom stereocenters. The van der Waals surface area contributed by atoms with Gasteiger partial charge in [0.15, 0.2) is 9.84 Å². The summed E-state index contributed by atoms with van der Waals surface area (Å²) in [4.78, 5) is 12.1. The number of rotatable bonds is 5. The highest BCUT2D eigenvalue weighted by Crippen LogP contribution is 2.30. The van der Waals surface area contributed by atoms with E-state index in [1.165, 1.54) is 0 Å². The summed E-state index contributed by atoms with van der Waals surface area (Å²) in [5.41, 5.74) is 0.693. The largest absolute Gasteiger partial charge is 0.311 e. The zero-order valence-electron chi connectivity index (χ0n) is 14.4. The molecule has 130 valence electrons. The minimum absolute atomic E-state index is 0.0469. The summed E-state index contributed by atoms with van der Waals surface area (Å²) >= 11 is 0. The van der Waals surface area contributed by atoms with Gasteiger partial charge in [0.1, 0.15) is 5.82 Å². The van der Waals surface area contributed by atoms with E-state index < -0.39 is 9.84 Å². The van der Waals surface area contributed by atoms with Crippen molar-refractivity contribution in [1.82, 2.24) is 9.78 Å². The molecule has 1 aromatic rings. The van der Waals surface area contributed by atoms with Crippen molar-refractivity contribution >= 4 is 21.6 Å². The van der Waals surface area contributed by atoms with Gasteiger partial charge in [-0.3, -0.25) is 4.79 Å². The van der Waals surface area contributed by atoms with Gasteiger partial charge in [0, 0.05) is 17.9 Å². The Labute approximate surface area is 138 Å². The van der Waals surface area contributed by atoms with Crippen LogP contribution in [-0.2, 0) is 20.0 Å². The Morgan fingerprint density at radius 3 is 2.65 bits per heavy atom. The molecule has 0 aromatic carbocycles. The van der Waals surface area contributed by atoms with E-state index in [0.717, 1.165) is 18.5 Å². The molecule has 1 amide bonds. The van der Waals surface area contributed by atoms with Crippen LogP contribution in [-0.4, -0.2) is 35.6 Å². The lowest BCUT2D eigenvalue weighted by atomic mass is 9.92. The Morgan fingerprint density at radius 1 is 1.43 bits per heavy atom. The number of unbranched alkanes of at least 4 members (excludes halogenated alkanes) is 1. The van der Waals surface area contributed by atoms with Crippen LogP contribution < -0.4 is 5.32 Å². The highest BCUT2D eigenvalue weighted by Gasteiger charge is 2.32. The third-order valence-corrected chi connectivity index (χ3v) is 5.83. The molecule has 0 bridgehead atoms. The van der Waals surface area contributed by atoms with Gasteiger partial charge in [-0.15, -0.1) is 0 Å². The molecule has 0 saturated carbocycles. The number of carbonyl (C=O) groups excluding carboxylic acids is 1. The maximum Gasteiger partial charge on any atom is 0.225 e. The zero-order valence-corrected chi connectivity index (χ0v) is 15.2. The zero-order chi connectivity index (χ0) is 17.3. The first-order valence-corrected chi connectivity index (χ1v) is 10.0. The molecule has 23 heavy (non-hydrogen) atoms. The summed E-state index contributed by atoms with van der Waals surface area (Å²) in [5, 5.41) is 7.51. The van der Waals surface area contributed by atoms with Crippen LogP contribution in [0.25, 0.3) is 0 Å². The predicted molar refractivity (Wildman–Crippen MR) is 91.4 cm³/mol. The van der Waals surface area contributed by atoms with Gasteiger partial charge in [-0.05, 0) is 12.8 Å². The summed E-state index contributed by atoms with van der Waals surface area (Å²) < 4.78 is 25.2. The lowest BCUT2D eigenvalue weighted by Crippen LogP contribution is -2.20. The number of hydrogen-bond donors (Lipinski definition) is 1. The molecule has 1 aliphatic rings. The van der Waals surface area contributed by atoms with Crippen LogP contribution in [0.1, 0.15) is 65.1 Å². The predicted octanol–water partition coefficient (Wildman–Crippen LogP) is 2.67. The SMILES string of the molecule is CCCCC(=O)Nc1cc(C(C)(C)C)nn1C1CCS(=O)(=O)C1. The molecule has 1 aromatic heterocycles. The van der Waals surface area contributed by atoms with Gasteiger partial charge in [0.2, 0.25) is 5.91 Å². The monoisotopic (exact) mass is 341 g/mol. The average molecular weight is 341 g/mol. The lowest BCUT2D eigenvalue weighted by Gasteiger charge is -2.15. The van der Waals surface area contributed by atoms with Gasteiger partial charge in [-0.1, -0.05) is 34.1 Å². The van der Waals surface area contributed by atoms with Crippen molar-refractivity contribution in [1.29, 1.82) is 0 Å². The van der Waals surface area contributed by atoms with Crippen molar-refractivity contribution in [2.45, 2.75) is 64.8 Å². The van der Waals surface area contributed by atoms with Crippen LogP contribution in [0.3, 0.4) is 0 Å². The summed E-state index contributed by atoms with van der Waals surface area (Å²) in [6, 6.07) is 1.67. The Balaban J connectivity index is 2.28. The van der Waals surface area contributed by atoms with E-state index in [2.05, 4.69) is 10.4 Å². The summed E-state index contributed by atoms with van der Waals surface area (Å²) in [5.74, 6) is 0.842. The van der Waals surface area contributed by atoms with Gasteiger partial charge < -0.3 is 5.32 Å². The second-order valence-electron chi connectivity index (χ2n) is 7.32. The quantitative estimate of drug-likeness (QED) is 0.893. The number of nitrogens with zero attached hydrogens (tertiary/aromatic N) is 2. The molecule has 2 rings (SSSR count). The van der Waals surface area contributed by atoms with Crippen LogP contribution in [0.5, 0.6) is 0 Å². The van der Waals surface area contributed by atoms with Crippen LogP contribution in [0.4, 0.5) is 5.82 Å². The van der Waals surface area contributed by atoms with E-state index in [1.54, 1.807) is 4.68 Å². The highest BCUT2D eigenvalue weighted by molar-refractivity contribution is 7.91. The lowest BCUT2D eigenvalue weighted by molar-refractivity contribution is -0.116. The number of amides is 1. The number of aromatic nitrogens is 2. The fraction of sp³-hybridized carbons (Fsp3) is 0.750. The van der Waals surface area contributed by atoms with Gasteiger partial charge in [0.25, 0.3) is 0 Å². The standard InChI is InChI=1S/C16H27N3O3S/c1-5-6-7-15(20)17-14-10-13(16(2,3)4)18-19(14)12-8-9-23(21,22)11-12/h10,12H,5-9,11H2,1-4H3,(H,17,20). The van der Waals surface area contributed by atoms with Crippen molar-refractivity contribution < 1.29 is 13.2 Å². The van der Waals surface area contributed by atoms with Gasteiger partial charge in [-0.2, -0.15) is 5.10 Å². The van der Waals surface area contributed by atoms with Gasteiger partial charge >= 0.3 is 0 Å². The molecule has 0 spiro atoms. The first-order valence-electron chi connectivity index (χ1n) is 8.22. The molecular weight excluding hydrogens is 314 g/mol. The van der Waals surface area contributed by atoms with Crippen molar-refractivity contribution in [2.75, 3.05) is 16.8 Å². The van der Waals surface area contributed by atoms with Crippen molar-refractivity contribution in [3.63, 3.8) is 0 Å². The average Bonchev–Trinajstić information content (AvgIpc) is 2.99. The molecular formula is C16H27N3O3S. The number of carbonyl (C=O) groups is 1. The summed E-state index contributed by atoms with van der Waals surface area (Å²) in [6.07, 6.45) is 2.81. The second-order valence-corrected chi connectivity index (χ2v) is 9.55. The van der Waals surface area contributed by atoms with E-state index in [1.807, 2.05) is 33.8 Å². The molecule has 1 fully saturated rings. The maximum absolute atomic E-state index is 12.1. The molecule has 6 nitrogen and oxygen atoms in total. The van der Waals surface area contributed by atoms with Gasteiger partial charge in [0.05, 0.1) is 23.2 Å². The number of sulfone groups is 1. The third kappa shape index (κ3) is 4.56.